The van der Waals surface area contributed by atoms with E-state index < -0.39 is 28.5 Å². The van der Waals surface area contributed by atoms with Gasteiger partial charge in [0.15, 0.2) is 0 Å². The molecule has 3 aromatic rings. The number of non-ortho nitro benzene ring substituents is 1. The smallest absolute Gasteiger partial charge is 0.325 e. The highest BCUT2D eigenvalue weighted by Gasteiger charge is 2.49. The fourth-order valence-corrected chi connectivity index (χ4v) is 3.80. The molecule has 1 aliphatic heterocycles. The summed E-state index contributed by atoms with van der Waals surface area (Å²) in [4.78, 5) is 36.7. The van der Waals surface area contributed by atoms with Crippen molar-refractivity contribution in [2.24, 2.45) is 0 Å². The maximum atomic E-state index is 13.0. The standard InChI is InChI=1S/C25H23N3O6/c1-25(19-9-11-20(12-10-19)28(32)33)23(30)27(24(31)26-25)15-21(29)16-34-22-13-7-18(8-14-22)17-5-3-2-4-6-17/h2-14,21,29H,15-16H2,1H3,(H,26,31)/t21-,25-/m1/s1. The number of ether oxygens (including phenoxy) is 1. The van der Waals surface area contributed by atoms with Crippen LogP contribution in [-0.4, -0.2) is 46.1 Å². The van der Waals surface area contributed by atoms with Crippen LogP contribution in [0.1, 0.15) is 12.5 Å². The SMILES string of the molecule is C[C@]1(c2ccc([N+](=O)[O-])cc2)NC(=O)N(C[C@@H](O)COc2ccc(-c3ccccc3)cc2)C1=O. The van der Waals surface area contributed by atoms with Gasteiger partial charge in [-0.05, 0) is 47.9 Å². The van der Waals surface area contributed by atoms with E-state index in [0.29, 0.717) is 11.3 Å². The number of nitrogens with zero attached hydrogens (tertiary/aromatic N) is 2. The Kier molecular flexibility index (Phi) is 6.29. The molecule has 3 amide bonds. The molecule has 9 nitrogen and oxygen atoms in total. The highest BCUT2D eigenvalue weighted by Crippen LogP contribution is 2.30. The van der Waals surface area contributed by atoms with Gasteiger partial charge in [-0.25, -0.2) is 4.79 Å². The predicted molar refractivity (Wildman–Crippen MR) is 124 cm³/mol. The largest absolute Gasteiger partial charge is 0.491 e. The lowest BCUT2D eigenvalue weighted by Gasteiger charge is -2.23. The molecule has 1 aliphatic rings. The van der Waals surface area contributed by atoms with E-state index in [4.69, 9.17) is 4.74 Å². The Hall–Kier alpha value is -4.24. The molecule has 1 heterocycles. The molecule has 4 rings (SSSR count). The molecule has 174 valence electrons. The number of hydrogen-bond donors (Lipinski definition) is 2. The molecular formula is C25H23N3O6. The van der Waals surface area contributed by atoms with Crippen LogP contribution in [0.3, 0.4) is 0 Å². The minimum atomic E-state index is -1.39. The number of imide groups is 1. The molecule has 0 aromatic heterocycles. The molecular weight excluding hydrogens is 438 g/mol. The van der Waals surface area contributed by atoms with Crippen molar-refractivity contribution in [3.05, 3.63) is 94.5 Å². The van der Waals surface area contributed by atoms with Crippen LogP contribution >= 0.6 is 0 Å². The Morgan fingerprint density at radius 3 is 2.24 bits per heavy atom. The number of hydrogen-bond acceptors (Lipinski definition) is 6. The highest BCUT2D eigenvalue weighted by molar-refractivity contribution is 6.07. The fourth-order valence-electron chi connectivity index (χ4n) is 3.80. The first-order valence-electron chi connectivity index (χ1n) is 10.6. The summed E-state index contributed by atoms with van der Waals surface area (Å²) in [6, 6.07) is 22.0. The molecule has 0 radical (unpaired) electrons. The van der Waals surface area contributed by atoms with Gasteiger partial charge in [-0.3, -0.25) is 19.8 Å². The van der Waals surface area contributed by atoms with Gasteiger partial charge in [0.25, 0.3) is 11.6 Å². The quantitative estimate of drug-likeness (QED) is 0.301. The van der Waals surface area contributed by atoms with E-state index >= 15 is 0 Å². The van der Waals surface area contributed by atoms with E-state index in [0.717, 1.165) is 16.0 Å². The number of β-amino-alcohol motifs (C(OH)–C–C–N with tert-alkyl or cyclic N) is 1. The van der Waals surface area contributed by atoms with Crippen LogP contribution in [0.2, 0.25) is 0 Å². The number of carbonyl (C=O) groups is 2. The van der Waals surface area contributed by atoms with Crippen LogP contribution < -0.4 is 10.1 Å². The number of aliphatic hydroxyl groups excluding tert-OH is 1. The zero-order valence-electron chi connectivity index (χ0n) is 18.4. The van der Waals surface area contributed by atoms with Crippen molar-refractivity contribution >= 4 is 17.6 Å². The maximum Gasteiger partial charge on any atom is 0.325 e. The van der Waals surface area contributed by atoms with E-state index in [-0.39, 0.29) is 18.8 Å². The number of nitrogens with one attached hydrogen (secondary N) is 1. The highest BCUT2D eigenvalue weighted by atomic mass is 16.6. The second-order valence-electron chi connectivity index (χ2n) is 8.13. The average Bonchev–Trinajstić information content (AvgIpc) is 3.07. The van der Waals surface area contributed by atoms with Crippen LogP contribution in [0, 0.1) is 10.1 Å². The third kappa shape index (κ3) is 4.60. The third-order valence-corrected chi connectivity index (χ3v) is 5.73. The summed E-state index contributed by atoms with van der Waals surface area (Å²) in [7, 11) is 0. The normalized spacial score (nSPS) is 18.5. The molecule has 2 atom stereocenters. The van der Waals surface area contributed by atoms with Crippen molar-refractivity contribution in [1.82, 2.24) is 10.2 Å². The summed E-state index contributed by atoms with van der Waals surface area (Å²) in [6.07, 6.45) is -1.11. The Morgan fingerprint density at radius 1 is 1.00 bits per heavy atom. The monoisotopic (exact) mass is 461 g/mol. The number of amides is 3. The Labute approximate surface area is 195 Å². The lowest BCUT2D eigenvalue weighted by Crippen LogP contribution is -2.42. The summed E-state index contributed by atoms with van der Waals surface area (Å²) >= 11 is 0. The van der Waals surface area contributed by atoms with Gasteiger partial charge in [-0.15, -0.1) is 0 Å². The van der Waals surface area contributed by atoms with Gasteiger partial charge in [0, 0.05) is 12.1 Å². The summed E-state index contributed by atoms with van der Waals surface area (Å²) in [5, 5.41) is 23.9. The average molecular weight is 461 g/mol. The predicted octanol–water partition coefficient (Wildman–Crippen LogP) is 3.47. The van der Waals surface area contributed by atoms with Crippen LogP contribution in [0.5, 0.6) is 5.75 Å². The van der Waals surface area contributed by atoms with Crippen molar-refractivity contribution < 1.29 is 24.4 Å². The third-order valence-electron chi connectivity index (χ3n) is 5.73. The maximum absolute atomic E-state index is 13.0. The second kappa shape index (κ2) is 9.32. The Morgan fingerprint density at radius 2 is 1.62 bits per heavy atom. The first-order chi connectivity index (χ1) is 16.3. The van der Waals surface area contributed by atoms with Gasteiger partial charge >= 0.3 is 6.03 Å². The molecule has 0 aliphatic carbocycles. The fraction of sp³-hybridized carbons (Fsp3) is 0.200. The number of benzene rings is 3. The van der Waals surface area contributed by atoms with E-state index in [1.807, 2.05) is 42.5 Å². The van der Waals surface area contributed by atoms with E-state index in [1.54, 1.807) is 12.1 Å². The van der Waals surface area contributed by atoms with Crippen LogP contribution in [0.25, 0.3) is 11.1 Å². The molecule has 34 heavy (non-hydrogen) atoms. The lowest BCUT2D eigenvalue weighted by atomic mass is 9.92. The van der Waals surface area contributed by atoms with Gasteiger partial charge in [0.2, 0.25) is 0 Å². The summed E-state index contributed by atoms with van der Waals surface area (Å²) in [5.74, 6) is -0.00994. The minimum Gasteiger partial charge on any atom is -0.491 e. The Balaban J connectivity index is 1.36. The van der Waals surface area contributed by atoms with Gasteiger partial charge in [0.1, 0.15) is 24.0 Å². The molecule has 9 heteroatoms. The molecule has 0 bridgehead atoms. The zero-order valence-corrected chi connectivity index (χ0v) is 18.4. The minimum absolute atomic E-state index is 0.115. The molecule has 0 unspecified atom stereocenters. The van der Waals surface area contributed by atoms with Gasteiger partial charge < -0.3 is 15.2 Å². The summed E-state index contributed by atoms with van der Waals surface area (Å²) in [6.45, 7) is 1.15. The first-order valence-corrected chi connectivity index (χ1v) is 10.6. The summed E-state index contributed by atoms with van der Waals surface area (Å²) in [5.41, 5.74) is 0.996. The lowest BCUT2D eigenvalue weighted by molar-refractivity contribution is -0.384. The number of rotatable bonds is 8. The number of urea groups is 1. The first kappa shape index (κ1) is 22.9. The van der Waals surface area contributed by atoms with Crippen LogP contribution in [-0.2, 0) is 10.3 Å². The van der Waals surface area contributed by atoms with E-state index in [9.17, 15) is 24.8 Å². The number of nitro benzene ring substituents is 1. The number of aliphatic hydroxyl groups is 1. The molecule has 1 fully saturated rings. The number of carbonyl (C=O) groups excluding carboxylic acids is 2. The van der Waals surface area contributed by atoms with E-state index in [1.165, 1.54) is 31.2 Å². The topological polar surface area (TPSA) is 122 Å². The van der Waals surface area contributed by atoms with Gasteiger partial charge in [-0.1, -0.05) is 42.5 Å². The molecule has 0 spiro atoms. The van der Waals surface area contributed by atoms with E-state index in [2.05, 4.69) is 5.32 Å². The van der Waals surface area contributed by atoms with Crippen molar-refractivity contribution in [1.29, 1.82) is 0 Å². The number of nitro groups is 1. The van der Waals surface area contributed by atoms with Crippen molar-refractivity contribution in [2.75, 3.05) is 13.2 Å². The van der Waals surface area contributed by atoms with Crippen molar-refractivity contribution in [3.8, 4) is 16.9 Å². The molecule has 2 N–H and O–H groups in total. The van der Waals surface area contributed by atoms with Gasteiger partial charge in [0.05, 0.1) is 11.5 Å². The second-order valence-corrected chi connectivity index (χ2v) is 8.13. The zero-order chi connectivity index (χ0) is 24.3. The molecule has 1 saturated heterocycles. The van der Waals surface area contributed by atoms with Crippen molar-refractivity contribution in [2.45, 2.75) is 18.6 Å². The van der Waals surface area contributed by atoms with Gasteiger partial charge in [-0.2, -0.15) is 0 Å². The van der Waals surface area contributed by atoms with Crippen LogP contribution in [0.4, 0.5) is 10.5 Å². The van der Waals surface area contributed by atoms with Crippen LogP contribution in [0.15, 0.2) is 78.9 Å². The molecule has 3 aromatic carbocycles. The molecule has 0 saturated carbocycles. The van der Waals surface area contributed by atoms with Crippen molar-refractivity contribution in [3.63, 3.8) is 0 Å². The summed E-state index contributed by atoms with van der Waals surface area (Å²) < 4.78 is 5.63. The Bertz CT molecular complexity index is 1200.